The molecule has 1 aliphatic heterocycles. The third kappa shape index (κ3) is 5.32. The summed E-state index contributed by atoms with van der Waals surface area (Å²) in [7, 11) is 0. The summed E-state index contributed by atoms with van der Waals surface area (Å²) in [6.45, 7) is 7.62. The Bertz CT molecular complexity index is 1060. The molecule has 0 aromatic carbocycles. The van der Waals surface area contributed by atoms with Crippen LogP contribution >= 0.6 is 11.6 Å². The molecule has 0 unspecified atom stereocenters. The molecule has 0 aliphatic carbocycles. The van der Waals surface area contributed by atoms with Crippen LogP contribution in [0.5, 0.6) is 0 Å². The van der Waals surface area contributed by atoms with E-state index in [1.165, 1.54) is 0 Å². The Morgan fingerprint density at radius 2 is 1.50 bits per heavy atom. The van der Waals surface area contributed by atoms with Crippen LogP contribution in [-0.2, 0) is 0 Å². The van der Waals surface area contributed by atoms with Gasteiger partial charge in [0.2, 0.25) is 5.92 Å². The Morgan fingerprint density at radius 3 is 2.16 bits per heavy atom. The molecule has 2 amide bonds. The minimum absolute atomic E-state index is 0.0267. The Kier molecular flexibility index (Phi) is 6.97. The molecule has 0 bridgehead atoms. The van der Waals surface area contributed by atoms with Crippen molar-refractivity contribution in [3.63, 3.8) is 0 Å². The van der Waals surface area contributed by atoms with E-state index >= 15 is 0 Å². The van der Waals surface area contributed by atoms with Gasteiger partial charge in [-0.3, -0.25) is 20.4 Å². The minimum Gasteiger partial charge on any atom is -0.356 e. The number of rotatable bonds is 3. The van der Waals surface area contributed by atoms with E-state index in [1.54, 1.807) is 44.7 Å². The molecule has 2 aromatic rings. The summed E-state index contributed by atoms with van der Waals surface area (Å²) in [5, 5.41) is 0.0267. The lowest BCUT2D eigenvalue weighted by molar-refractivity contribution is -0.0102. The molecule has 3 heterocycles. The largest absolute Gasteiger partial charge is 0.356 e. The fourth-order valence-corrected chi connectivity index (χ4v) is 3.73. The van der Waals surface area contributed by atoms with Gasteiger partial charge in [0.05, 0.1) is 11.1 Å². The van der Waals surface area contributed by atoms with Gasteiger partial charge in [-0.2, -0.15) is 0 Å². The van der Waals surface area contributed by atoms with Gasteiger partial charge in [-0.1, -0.05) is 11.6 Å². The molecule has 2 N–H and O–H groups in total. The van der Waals surface area contributed by atoms with E-state index in [4.69, 9.17) is 11.6 Å². The first-order chi connectivity index (χ1) is 15.0. The van der Waals surface area contributed by atoms with E-state index in [0.29, 0.717) is 23.8 Å². The zero-order chi connectivity index (χ0) is 23.6. The van der Waals surface area contributed by atoms with Crippen LogP contribution < -0.4 is 15.8 Å². The van der Waals surface area contributed by atoms with Crippen molar-refractivity contribution in [3.05, 3.63) is 50.9 Å². The average Bonchev–Trinajstić information content (AvgIpc) is 2.90. The van der Waals surface area contributed by atoms with Crippen molar-refractivity contribution in [1.82, 2.24) is 20.8 Å². The molecule has 1 fully saturated rings. The van der Waals surface area contributed by atoms with Crippen LogP contribution in [0, 0.1) is 27.7 Å². The fourth-order valence-electron chi connectivity index (χ4n) is 3.46. The zero-order valence-electron chi connectivity index (χ0n) is 18.5. The van der Waals surface area contributed by atoms with Crippen LogP contribution in [0.1, 0.15) is 62.5 Å². The smallest absolute Gasteiger partial charge is 0.273 e. The van der Waals surface area contributed by atoms with E-state index in [9.17, 15) is 18.4 Å². The summed E-state index contributed by atoms with van der Waals surface area (Å²) >= 11 is 6.07. The van der Waals surface area contributed by atoms with E-state index in [2.05, 4.69) is 20.8 Å². The van der Waals surface area contributed by atoms with Gasteiger partial charge in [0, 0.05) is 37.3 Å². The summed E-state index contributed by atoms with van der Waals surface area (Å²) in [4.78, 5) is 35.8. The Hall–Kier alpha value is -2.81. The molecule has 172 valence electrons. The average molecular weight is 466 g/mol. The van der Waals surface area contributed by atoms with Crippen molar-refractivity contribution in [3.8, 4) is 0 Å². The van der Waals surface area contributed by atoms with E-state index in [1.807, 2.05) is 0 Å². The molecule has 0 atom stereocenters. The summed E-state index contributed by atoms with van der Waals surface area (Å²) in [6, 6.07) is 3.24. The van der Waals surface area contributed by atoms with Gasteiger partial charge in [0.25, 0.3) is 11.8 Å². The topological polar surface area (TPSA) is 87.2 Å². The number of halogens is 3. The molecular weight excluding hydrogens is 440 g/mol. The van der Waals surface area contributed by atoms with Crippen molar-refractivity contribution < 1.29 is 18.4 Å². The molecule has 1 saturated heterocycles. The highest BCUT2D eigenvalue weighted by molar-refractivity contribution is 6.32. The number of aryl methyl sites for hydroxylation is 4. The molecule has 32 heavy (non-hydrogen) atoms. The minimum atomic E-state index is -2.73. The number of hydrogen-bond acceptors (Lipinski definition) is 5. The second kappa shape index (κ2) is 9.36. The molecule has 7 nitrogen and oxygen atoms in total. The number of alkyl halides is 2. The predicted molar refractivity (Wildman–Crippen MR) is 118 cm³/mol. The molecule has 0 saturated carbocycles. The highest BCUT2D eigenvalue weighted by Gasteiger charge is 2.33. The van der Waals surface area contributed by atoms with E-state index in [-0.39, 0.29) is 42.1 Å². The summed E-state index contributed by atoms with van der Waals surface area (Å²) in [6.07, 6.45) is -0.216. The van der Waals surface area contributed by atoms with Gasteiger partial charge in [-0.05, 0) is 57.4 Å². The van der Waals surface area contributed by atoms with Crippen LogP contribution in [0.3, 0.4) is 0 Å². The Balaban J connectivity index is 1.81. The van der Waals surface area contributed by atoms with Crippen LogP contribution in [0.4, 0.5) is 14.6 Å². The predicted octanol–water partition coefficient (Wildman–Crippen LogP) is 4.06. The Morgan fingerprint density at radius 1 is 0.938 bits per heavy atom. The van der Waals surface area contributed by atoms with E-state index < -0.39 is 17.7 Å². The standard InChI is InChI=1S/C22H26ClF2N5O2/c1-12-10-16(18(23)26-14(12)3)20(31)28-29-21(32)17-11-13(2)15(4)27-19(17)30-8-5-6-22(24,25)7-9-30/h10-11H,5-9H2,1-4H3,(H,28,31)(H,29,32). The maximum absolute atomic E-state index is 13.8. The molecule has 2 aromatic heterocycles. The van der Waals surface area contributed by atoms with Gasteiger partial charge >= 0.3 is 0 Å². The molecular formula is C22H26ClF2N5O2. The first kappa shape index (κ1) is 23.8. The number of carbonyl (C=O) groups is 2. The maximum atomic E-state index is 13.8. The van der Waals surface area contributed by atoms with Crippen molar-refractivity contribution in [2.45, 2.75) is 52.9 Å². The molecule has 1 aliphatic rings. The van der Waals surface area contributed by atoms with Gasteiger partial charge in [-0.25, -0.2) is 18.7 Å². The lowest BCUT2D eigenvalue weighted by atomic mass is 10.1. The molecule has 0 spiro atoms. The molecule has 0 radical (unpaired) electrons. The number of carbonyl (C=O) groups excluding carboxylic acids is 2. The quantitative estimate of drug-likeness (QED) is 0.527. The van der Waals surface area contributed by atoms with Gasteiger partial charge in [0.15, 0.2) is 0 Å². The number of hydrazine groups is 1. The van der Waals surface area contributed by atoms with Crippen LogP contribution in [0.25, 0.3) is 0 Å². The monoisotopic (exact) mass is 465 g/mol. The summed E-state index contributed by atoms with van der Waals surface area (Å²) < 4.78 is 27.6. The number of aromatic nitrogens is 2. The van der Waals surface area contributed by atoms with Crippen molar-refractivity contribution in [1.29, 1.82) is 0 Å². The second-order valence-corrected chi connectivity index (χ2v) is 8.45. The number of anilines is 1. The van der Waals surface area contributed by atoms with Gasteiger partial charge in [-0.15, -0.1) is 0 Å². The van der Waals surface area contributed by atoms with Crippen LogP contribution in [0.2, 0.25) is 5.15 Å². The third-order valence-electron chi connectivity index (χ3n) is 5.66. The molecule has 10 heteroatoms. The SMILES string of the molecule is Cc1cc(C(=O)NNC(=O)c2cc(C)c(C)nc2N2CCCC(F)(F)CC2)c(Cl)nc1C. The van der Waals surface area contributed by atoms with E-state index in [0.717, 1.165) is 11.1 Å². The lowest BCUT2D eigenvalue weighted by Gasteiger charge is -2.25. The first-order valence-electron chi connectivity index (χ1n) is 10.3. The normalized spacial score (nSPS) is 15.8. The Labute approximate surface area is 190 Å². The summed E-state index contributed by atoms with van der Waals surface area (Å²) in [5.74, 6) is -3.63. The van der Waals surface area contributed by atoms with Crippen LogP contribution in [0.15, 0.2) is 12.1 Å². The highest BCUT2D eigenvalue weighted by Crippen LogP contribution is 2.31. The number of pyridine rings is 2. The number of amides is 2. The lowest BCUT2D eigenvalue weighted by Crippen LogP contribution is -2.42. The number of nitrogens with zero attached hydrogens (tertiary/aromatic N) is 3. The van der Waals surface area contributed by atoms with Crippen molar-refractivity contribution in [2.24, 2.45) is 0 Å². The summed E-state index contributed by atoms with van der Waals surface area (Å²) in [5.41, 5.74) is 8.00. The van der Waals surface area contributed by atoms with Gasteiger partial charge in [0.1, 0.15) is 11.0 Å². The van der Waals surface area contributed by atoms with Crippen molar-refractivity contribution >= 4 is 29.2 Å². The van der Waals surface area contributed by atoms with Crippen LogP contribution in [-0.4, -0.2) is 40.8 Å². The maximum Gasteiger partial charge on any atom is 0.273 e. The third-order valence-corrected chi connectivity index (χ3v) is 5.95. The number of hydrogen-bond donors (Lipinski definition) is 2. The second-order valence-electron chi connectivity index (χ2n) is 8.10. The first-order valence-corrected chi connectivity index (χ1v) is 10.7. The van der Waals surface area contributed by atoms with Crippen molar-refractivity contribution in [2.75, 3.05) is 18.0 Å². The zero-order valence-corrected chi connectivity index (χ0v) is 19.2. The molecule has 3 rings (SSSR count). The highest BCUT2D eigenvalue weighted by atomic mass is 35.5. The number of nitrogens with one attached hydrogen (secondary N) is 2. The van der Waals surface area contributed by atoms with Gasteiger partial charge < -0.3 is 4.90 Å². The fraction of sp³-hybridized carbons (Fsp3) is 0.455.